The van der Waals surface area contributed by atoms with Crippen LogP contribution in [0.1, 0.15) is 26.5 Å². The van der Waals surface area contributed by atoms with Crippen molar-refractivity contribution in [3.8, 4) is 5.75 Å². The Bertz CT molecular complexity index is 1010. The third-order valence-corrected chi connectivity index (χ3v) is 4.28. The fourth-order valence-corrected chi connectivity index (χ4v) is 2.86. The molecule has 0 atom stereocenters. The number of aryl methyl sites for hydroxylation is 1. The van der Waals surface area contributed by atoms with Gasteiger partial charge in [0.2, 0.25) is 0 Å². The number of halogens is 2. The Morgan fingerprint density at radius 2 is 1.96 bits per heavy atom. The number of carbonyl (C=O) groups is 2. The van der Waals surface area contributed by atoms with Crippen molar-refractivity contribution in [3.63, 3.8) is 0 Å². The maximum absolute atomic E-state index is 12.1. The number of hydrazone groups is 1. The molecule has 2 heterocycles. The van der Waals surface area contributed by atoms with E-state index in [9.17, 15) is 9.59 Å². The van der Waals surface area contributed by atoms with Crippen LogP contribution >= 0.6 is 31.9 Å². The summed E-state index contributed by atoms with van der Waals surface area (Å²) < 4.78 is 12.8. The highest BCUT2D eigenvalue weighted by molar-refractivity contribution is 9.10. The van der Waals surface area contributed by atoms with Crippen LogP contribution in [0.25, 0.3) is 0 Å². The molecular formula is C17H12Br2N4O4. The van der Waals surface area contributed by atoms with E-state index >= 15 is 0 Å². The van der Waals surface area contributed by atoms with E-state index in [4.69, 9.17) is 9.15 Å². The second-order valence-electron chi connectivity index (χ2n) is 5.27. The number of hydrogen-bond donors (Lipinski definition) is 1. The number of nitrogens with zero attached hydrogens (tertiary/aromatic N) is 3. The van der Waals surface area contributed by atoms with E-state index in [2.05, 4.69) is 47.5 Å². The summed E-state index contributed by atoms with van der Waals surface area (Å²) in [5, 5.41) is 7.89. The van der Waals surface area contributed by atoms with Gasteiger partial charge in [0.1, 0.15) is 15.9 Å². The molecule has 8 nitrogen and oxygen atoms in total. The molecule has 2 aromatic heterocycles. The first-order chi connectivity index (χ1) is 12.9. The van der Waals surface area contributed by atoms with E-state index < -0.39 is 11.9 Å². The quantitative estimate of drug-likeness (QED) is 0.252. The zero-order valence-electron chi connectivity index (χ0n) is 13.8. The van der Waals surface area contributed by atoms with Gasteiger partial charge in [0, 0.05) is 13.2 Å². The van der Waals surface area contributed by atoms with Gasteiger partial charge in [-0.25, -0.2) is 10.2 Å². The third-order valence-electron chi connectivity index (χ3n) is 3.27. The molecule has 27 heavy (non-hydrogen) atoms. The lowest BCUT2D eigenvalue weighted by molar-refractivity contribution is 0.0733. The summed E-state index contributed by atoms with van der Waals surface area (Å²) in [6.07, 6.45) is 3.02. The van der Waals surface area contributed by atoms with Crippen molar-refractivity contribution in [1.29, 1.82) is 0 Å². The summed E-state index contributed by atoms with van der Waals surface area (Å²) in [5.41, 5.74) is 3.39. The first kappa shape index (κ1) is 19.1. The molecule has 0 fully saturated rings. The molecule has 1 aromatic carbocycles. The second-order valence-corrected chi connectivity index (χ2v) is 6.80. The van der Waals surface area contributed by atoms with Crippen LogP contribution < -0.4 is 10.2 Å². The van der Waals surface area contributed by atoms with Crippen molar-refractivity contribution in [2.24, 2.45) is 12.1 Å². The number of hydrogen-bond acceptors (Lipinski definition) is 6. The van der Waals surface area contributed by atoms with Gasteiger partial charge in [0.25, 0.3) is 0 Å². The van der Waals surface area contributed by atoms with Gasteiger partial charge in [0.05, 0.1) is 6.21 Å². The molecule has 0 saturated carbocycles. The normalized spacial score (nSPS) is 10.9. The van der Waals surface area contributed by atoms with Gasteiger partial charge in [0.15, 0.2) is 10.4 Å². The van der Waals surface area contributed by atoms with Gasteiger partial charge >= 0.3 is 11.9 Å². The first-order valence-electron chi connectivity index (χ1n) is 7.52. The Morgan fingerprint density at radius 3 is 2.56 bits per heavy atom. The van der Waals surface area contributed by atoms with Crippen LogP contribution in [0.4, 0.5) is 0 Å². The highest BCUT2D eigenvalue weighted by Crippen LogP contribution is 2.18. The molecule has 0 spiro atoms. The van der Waals surface area contributed by atoms with Crippen molar-refractivity contribution in [1.82, 2.24) is 15.2 Å². The van der Waals surface area contributed by atoms with Crippen LogP contribution in [-0.4, -0.2) is 27.9 Å². The molecule has 0 aliphatic heterocycles. The topological polar surface area (TPSA) is 98.7 Å². The summed E-state index contributed by atoms with van der Waals surface area (Å²) in [6.45, 7) is 0. The standard InChI is InChI=1S/C17H12Br2N4O4/c1-23-9-12(15(19)22-23)17(25)26-11-4-2-10(3-5-11)8-20-21-16(24)13-6-7-14(18)27-13/h2-9H,1H3,(H,21,24)/b20-8-. The molecule has 138 valence electrons. The Kier molecular flexibility index (Phi) is 5.87. The van der Waals surface area contributed by atoms with Crippen molar-refractivity contribution < 1.29 is 18.7 Å². The second kappa shape index (κ2) is 8.31. The summed E-state index contributed by atoms with van der Waals surface area (Å²) in [6, 6.07) is 9.77. The molecule has 10 heteroatoms. The number of nitrogens with one attached hydrogen (secondary N) is 1. The lowest BCUT2D eigenvalue weighted by Crippen LogP contribution is -2.16. The van der Waals surface area contributed by atoms with Crippen LogP contribution in [0.2, 0.25) is 0 Å². The summed E-state index contributed by atoms with van der Waals surface area (Å²) in [5.74, 6) is -0.474. The minimum Gasteiger partial charge on any atom is -0.444 e. The molecule has 3 aromatic rings. The van der Waals surface area contributed by atoms with Crippen LogP contribution in [0, 0.1) is 0 Å². The van der Waals surface area contributed by atoms with Gasteiger partial charge in [-0.15, -0.1) is 0 Å². The lowest BCUT2D eigenvalue weighted by atomic mass is 10.2. The van der Waals surface area contributed by atoms with Gasteiger partial charge in [-0.2, -0.15) is 10.2 Å². The Balaban J connectivity index is 1.57. The molecule has 0 unspecified atom stereocenters. The predicted molar refractivity (Wildman–Crippen MR) is 104 cm³/mol. The van der Waals surface area contributed by atoms with Crippen LogP contribution in [0.15, 0.2) is 61.4 Å². The van der Waals surface area contributed by atoms with Crippen LogP contribution in [0.5, 0.6) is 5.75 Å². The number of carbonyl (C=O) groups excluding carboxylic acids is 2. The SMILES string of the molecule is Cn1cc(C(=O)Oc2ccc(/C=N\NC(=O)c3ccc(Br)o3)cc2)c(Br)n1. The van der Waals surface area contributed by atoms with E-state index in [-0.39, 0.29) is 5.76 Å². The highest BCUT2D eigenvalue weighted by atomic mass is 79.9. The van der Waals surface area contributed by atoms with E-state index in [0.717, 1.165) is 0 Å². The number of ether oxygens (including phenoxy) is 1. The molecule has 1 amide bonds. The largest absolute Gasteiger partial charge is 0.444 e. The number of benzene rings is 1. The monoisotopic (exact) mass is 494 g/mol. The van der Waals surface area contributed by atoms with Gasteiger partial charge in [-0.05, 0) is 73.8 Å². The number of aromatic nitrogens is 2. The van der Waals surface area contributed by atoms with Crippen LogP contribution in [-0.2, 0) is 7.05 Å². The zero-order valence-corrected chi connectivity index (χ0v) is 17.0. The van der Waals surface area contributed by atoms with Crippen molar-refractivity contribution in [3.05, 3.63) is 68.8 Å². The van der Waals surface area contributed by atoms with Gasteiger partial charge in [-0.1, -0.05) is 0 Å². The Hall–Kier alpha value is -2.72. The van der Waals surface area contributed by atoms with E-state index in [0.29, 0.717) is 26.1 Å². The first-order valence-corrected chi connectivity index (χ1v) is 9.11. The van der Waals surface area contributed by atoms with Crippen LogP contribution in [0.3, 0.4) is 0 Å². The van der Waals surface area contributed by atoms with Crippen molar-refractivity contribution >= 4 is 50.0 Å². The third kappa shape index (κ3) is 4.92. The maximum atomic E-state index is 12.1. The molecule has 0 aliphatic carbocycles. The van der Waals surface area contributed by atoms with E-state index in [1.54, 1.807) is 43.6 Å². The average molecular weight is 496 g/mol. The molecule has 0 radical (unpaired) electrons. The zero-order chi connectivity index (χ0) is 19.4. The fraction of sp³-hybridized carbons (Fsp3) is 0.0588. The van der Waals surface area contributed by atoms with Gasteiger partial charge < -0.3 is 9.15 Å². The Labute approximate surface area is 170 Å². The van der Waals surface area contributed by atoms with E-state index in [1.807, 2.05) is 0 Å². The molecular weight excluding hydrogens is 484 g/mol. The number of furan rings is 1. The summed E-state index contributed by atoms with van der Waals surface area (Å²) in [4.78, 5) is 23.9. The molecule has 0 saturated heterocycles. The fourth-order valence-electron chi connectivity index (χ4n) is 2.04. The Morgan fingerprint density at radius 1 is 1.22 bits per heavy atom. The van der Waals surface area contributed by atoms with Gasteiger partial charge in [-0.3, -0.25) is 9.48 Å². The molecule has 1 N–H and O–H groups in total. The summed E-state index contributed by atoms with van der Waals surface area (Å²) >= 11 is 6.33. The number of amides is 1. The van der Waals surface area contributed by atoms with Crippen molar-refractivity contribution in [2.45, 2.75) is 0 Å². The minimum atomic E-state index is -0.520. The molecule has 0 bridgehead atoms. The molecule has 3 rings (SSSR count). The minimum absolute atomic E-state index is 0.142. The lowest BCUT2D eigenvalue weighted by Gasteiger charge is -2.03. The van der Waals surface area contributed by atoms with Crippen molar-refractivity contribution in [2.75, 3.05) is 0 Å². The smallest absolute Gasteiger partial charge is 0.347 e. The average Bonchev–Trinajstić information content (AvgIpc) is 3.21. The highest BCUT2D eigenvalue weighted by Gasteiger charge is 2.16. The number of rotatable bonds is 5. The van der Waals surface area contributed by atoms with E-state index in [1.165, 1.54) is 17.0 Å². The maximum Gasteiger partial charge on any atom is 0.347 e. The molecule has 0 aliphatic rings. The number of esters is 1. The predicted octanol–water partition coefficient (Wildman–Crippen LogP) is 3.52. The summed E-state index contributed by atoms with van der Waals surface area (Å²) in [7, 11) is 1.71.